The number of esters is 1. The van der Waals surface area contributed by atoms with Crippen molar-refractivity contribution in [1.29, 1.82) is 0 Å². The van der Waals surface area contributed by atoms with Crippen molar-refractivity contribution >= 4 is 30.7 Å². The third-order valence-electron chi connectivity index (χ3n) is 3.01. The van der Waals surface area contributed by atoms with Crippen LogP contribution in [-0.2, 0) is 4.74 Å². The van der Waals surface area contributed by atoms with E-state index < -0.39 is 10.9 Å². The summed E-state index contributed by atoms with van der Waals surface area (Å²) in [7, 11) is 0. The summed E-state index contributed by atoms with van der Waals surface area (Å²) < 4.78 is 6.10. The van der Waals surface area contributed by atoms with E-state index in [0.717, 1.165) is 30.5 Å². The molecule has 0 spiro atoms. The first-order chi connectivity index (χ1) is 9.13. The van der Waals surface area contributed by atoms with Crippen LogP contribution in [0.25, 0.3) is 0 Å². The Morgan fingerprint density at radius 1 is 1.47 bits per heavy atom. The zero-order valence-electron chi connectivity index (χ0n) is 10.8. The maximum absolute atomic E-state index is 11.7. The van der Waals surface area contributed by atoms with Crippen LogP contribution < -0.4 is 4.90 Å². The third kappa shape index (κ3) is 3.16. The third-order valence-corrected chi connectivity index (χ3v) is 5.45. The second-order valence-electron chi connectivity index (χ2n) is 4.33. The van der Waals surface area contributed by atoms with E-state index in [9.17, 15) is 14.9 Å². The van der Waals surface area contributed by atoms with Crippen molar-refractivity contribution in [3.63, 3.8) is 0 Å². The molecule has 1 aliphatic heterocycles. The summed E-state index contributed by atoms with van der Waals surface area (Å²) in [6.07, 6.45) is 3.28. The van der Waals surface area contributed by atoms with E-state index in [-0.39, 0.29) is 20.2 Å². The molecule has 0 saturated carbocycles. The van der Waals surface area contributed by atoms with Crippen molar-refractivity contribution in [2.24, 2.45) is 0 Å². The zero-order chi connectivity index (χ0) is 13.8. The normalized spacial score (nSPS) is 15.3. The van der Waals surface area contributed by atoms with Crippen LogP contribution in [0.1, 0.15) is 35.4 Å². The molecule has 1 saturated heterocycles. The Labute approximate surface area is 117 Å². The van der Waals surface area contributed by atoms with E-state index in [1.807, 2.05) is 0 Å². The number of nitro groups is 1. The minimum atomic E-state index is -0.422. The van der Waals surface area contributed by atoms with E-state index in [4.69, 9.17) is 4.74 Å². The Morgan fingerprint density at radius 3 is 2.74 bits per heavy atom. The van der Waals surface area contributed by atoms with Crippen LogP contribution in [0.2, 0.25) is 0 Å². The number of piperidine rings is 1. The van der Waals surface area contributed by atoms with Gasteiger partial charge in [0, 0.05) is 0 Å². The Balaban J connectivity index is 2.29. The summed E-state index contributed by atoms with van der Waals surface area (Å²) in [5.41, 5.74) is 0.0740. The standard InChI is InChI=1S/C12H16N2O4Se/c1-2-18-12(15)10-8-9(14(16)17)11(19-10)13-6-4-3-5-7-13/h8H,2-7H2,1H3. The summed E-state index contributed by atoms with van der Waals surface area (Å²) in [6, 6.07) is 1.39. The second-order valence-corrected chi connectivity index (χ2v) is 6.49. The van der Waals surface area contributed by atoms with E-state index in [1.165, 1.54) is 12.5 Å². The number of carbonyl (C=O) groups is 1. The van der Waals surface area contributed by atoms with Crippen molar-refractivity contribution in [2.75, 3.05) is 24.6 Å². The number of rotatable bonds is 4. The fourth-order valence-corrected chi connectivity index (χ4v) is 4.38. The molecule has 0 unspecified atom stereocenters. The van der Waals surface area contributed by atoms with Crippen molar-refractivity contribution in [3.8, 4) is 0 Å². The van der Waals surface area contributed by atoms with Gasteiger partial charge in [-0.1, -0.05) is 0 Å². The van der Waals surface area contributed by atoms with Gasteiger partial charge >= 0.3 is 117 Å². The summed E-state index contributed by atoms with van der Waals surface area (Å²) in [6.45, 7) is 3.71. The molecule has 104 valence electrons. The molecule has 0 aliphatic carbocycles. The first kappa shape index (κ1) is 14.1. The number of anilines is 1. The maximum atomic E-state index is 11.7. The van der Waals surface area contributed by atoms with Gasteiger partial charge < -0.3 is 0 Å². The number of hydrogen-bond acceptors (Lipinski definition) is 5. The zero-order valence-corrected chi connectivity index (χ0v) is 12.5. The van der Waals surface area contributed by atoms with Crippen molar-refractivity contribution in [2.45, 2.75) is 26.2 Å². The molecule has 1 aromatic heterocycles. The van der Waals surface area contributed by atoms with Gasteiger partial charge in [-0.25, -0.2) is 0 Å². The van der Waals surface area contributed by atoms with Crippen LogP contribution in [-0.4, -0.2) is 45.1 Å². The molecule has 0 aromatic carbocycles. The molecule has 1 aliphatic rings. The molecular weight excluding hydrogens is 315 g/mol. The monoisotopic (exact) mass is 332 g/mol. The van der Waals surface area contributed by atoms with Gasteiger partial charge in [0.1, 0.15) is 0 Å². The molecule has 1 fully saturated rings. The molecule has 0 atom stereocenters. The number of nitrogens with zero attached hydrogens (tertiary/aromatic N) is 2. The molecule has 6 nitrogen and oxygen atoms in total. The summed E-state index contributed by atoms with van der Waals surface area (Å²) in [5.74, 6) is -0.422. The van der Waals surface area contributed by atoms with Crippen molar-refractivity contribution < 1.29 is 14.5 Å². The Hall–Kier alpha value is -1.33. The number of hydrogen-bond donors (Lipinski definition) is 0. The molecule has 7 heteroatoms. The van der Waals surface area contributed by atoms with Crippen molar-refractivity contribution in [1.82, 2.24) is 0 Å². The van der Waals surface area contributed by atoms with Gasteiger partial charge in [0.05, 0.1) is 0 Å². The Bertz CT molecular complexity index is 480. The molecule has 2 rings (SSSR count). The van der Waals surface area contributed by atoms with Crippen LogP contribution >= 0.6 is 0 Å². The van der Waals surface area contributed by atoms with Crippen LogP contribution in [0, 0.1) is 10.1 Å². The molecule has 0 N–H and O–H groups in total. The van der Waals surface area contributed by atoms with E-state index in [1.54, 1.807) is 6.92 Å². The van der Waals surface area contributed by atoms with Gasteiger partial charge in [0.2, 0.25) is 0 Å². The van der Waals surface area contributed by atoms with E-state index in [2.05, 4.69) is 4.90 Å². The molecule has 19 heavy (non-hydrogen) atoms. The summed E-state index contributed by atoms with van der Waals surface area (Å²) in [5, 5.41) is 11.1. The van der Waals surface area contributed by atoms with Gasteiger partial charge in [-0.3, -0.25) is 0 Å². The van der Waals surface area contributed by atoms with Crippen LogP contribution in [0.5, 0.6) is 0 Å². The predicted octanol–water partition coefficient (Wildman–Crippen LogP) is 1.82. The molecule has 1 aromatic rings. The van der Waals surface area contributed by atoms with Gasteiger partial charge in [-0.05, 0) is 0 Å². The fraction of sp³-hybridized carbons (Fsp3) is 0.583. The SMILES string of the molecule is CCOC(=O)c1cc([N+](=O)[O-])c(N2CCCCC2)[se]1. The predicted molar refractivity (Wildman–Crippen MR) is 72.1 cm³/mol. The van der Waals surface area contributed by atoms with Crippen molar-refractivity contribution in [3.05, 3.63) is 20.6 Å². The molecule has 0 amide bonds. The molecule has 0 radical (unpaired) electrons. The summed E-state index contributed by atoms with van der Waals surface area (Å²) >= 11 is -0.313. The van der Waals surface area contributed by atoms with Crippen LogP contribution in [0.15, 0.2) is 6.07 Å². The van der Waals surface area contributed by atoms with Crippen LogP contribution in [0.4, 0.5) is 10.2 Å². The summed E-state index contributed by atoms with van der Waals surface area (Å²) in [4.78, 5) is 24.5. The Kier molecular flexibility index (Phi) is 4.61. The second kappa shape index (κ2) is 6.21. The first-order valence-corrected chi connectivity index (χ1v) is 8.05. The van der Waals surface area contributed by atoms with Gasteiger partial charge in [-0.2, -0.15) is 0 Å². The average Bonchev–Trinajstić information content (AvgIpc) is 2.85. The molecule has 2 heterocycles. The topological polar surface area (TPSA) is 72.7 Å². The number of ether oxygens (including phenoxy) is 1. The first-order valence-electron chi connectivity index (χ1n) is 6.33. The van der Waals surface area contributed by atoms with Gasteiger partial charge in [-0.15, -0.1) is 0 Å². The fourth-order valence-electron chi connectivity index (χ4n) is 2.13. The quantitative estimate of drug-likeness (QED) is 0.364. The molecular formula is C12H16N2O4Se. The average molecular weight is 331 g/mol. The number of carbonyl (C=O) groups excluding carboxylic acids is 1. The van der Waals surface area contributed by atoms with Gasteiger partial charge in [0.15, 0.2) is 0 Å². The van der Waals surface area contributed by atoms with Crippen LogP contribution in [0.3, 0.4) is 0 Å². The van der Waals surface area contributed by atoms with E-state index in [0.29, 0.717) is 11.0 Å². The van der Waals surface area contributed by atoms with E-state index >= 15 is 0 Å². The molecule has 0 bridgehead atoms. The minimum absolute atomic E-state index is 0.0740. The van der Waals surface area contributed by atoms with Gasteiger partial charge in [0.25, 0.3) is 0 Å². The Morgan fingerprint density at radius 2 is 2.16 bits per heavy atom.